The number of carboxylic acid groups (broad SMARTS) is 4. The van der Waals surface area contributed by atoms with Crippen molar-refractivity contribution in [2.24, 2.45) is 11.8 Å². The fourth-order valence-electron chi connectivity index (χ4n) is 2.07. The molecule has 140 valence electrons. The highest BCUT2D eigenvalue weighted by molar-refractivity contribution is 5.72. The lowest BCUT2D eigenvalue weighted by Crippen LogP contribution is -2.14. The molecule has 0 aliphatic heterocycles. The van der Waals surface area contributed by atoms with Gasteiger partial charge in [0.25, 0.3) is 0 Å². The Hall–Kier alpha value is -2.12. The molecule has 0 aromatic carbocycles. The van der Waals surface area contributed by atoms with E-state index in [2.05, 4.69) is 0 Å². The number of hydrogen-bond acceptors (Lipinski definition) is 4. The number of carbonyl (C=O) groups is 4. The zero-order chi connectivity index (χ0) is 19.1. The van der Waals surface area contributed by atoms with Crippen molar-refractivity contribution in [1.82, 2.24) is 0 Å². The lowest BCUT2D eigenvalue weighted by Gasteiger charge is -2.08. The summed E-state index contributed by atoms with van der Waals surface area (Å²) in [6.07, 6.45) is 3.02. The van der Waals surface area contributed by atoms with Crippen LogP contribution in [0.5, 0.6) is 0 Å². The quantitative estimate of drug-likeness (QED) is 0.420. The van der Waals surface area contributed by atoms with Crippen molar-refractivity contribution in [1.29, 1.82) is 0 Å². The summed E-state index contributed by atoms with van der Waals surface area (Å²) in [5.74, 6) is -4.64. The summed E-state index contributed by atoms with van der Waals surface area (Å²) < 4.78 is 0. The van der Waals surface area contributed by atoms with Crippen LogP contribution in [0.3, 0.4) is 0 Å². The van der Waals surface area contributed by atoms with Crippen LogP contribution in [0.2, 0.25) is 0 Å². The van der Waals surface area contributed by atoms with Crippen LogP contribution in [0.25, 0.3) is 0 Å². The molecule has 0 saturated heterocycles. The predicted octanol–water partition coefficient (Wildman–Crippen LogP) is 2.70. The van der Waals surface area contributed by atoms with Crippen LogP contribution in [0, 0.1) is 11.8 Å². The van der Waals surface area contributed by atoms with Crippen LogP contribution in [0.15, 0.2) is 0 Å². The van der Waals surface area contributed by atoms with E-state index in [0.29, 0.717) is 12.8 Å². The minimum Gasteiger partial charge on any atom is -0.481 e. The first kappa shape index (κ1) is 24.1. The Balaban J connectivity index is 0. The molecular weight excluding hydrogens is 320 g/mol. The molecule has 0 aliphatic rings. The van der Waals surface area contributed by atoms with E-state index in [1.807, 2.05) is 13.8 Å². The SMILES string of the molecule is CCCC(CCC(=O)O)C(=O)O.CCCC(CCC(=O)O)C(=O)O. The third-order valence-corrected chi connectivity index (χ3v) is 3.39. The van der Waals surface area contributed by atoms with Crippen molar-refractivity contribution in [3.63, 3.8) is 0 Å². The van der Waals surface area contributed by atoms with Crippen molar-refractivity contribution in [2.45, 2.75) is 65.2 Å². The molecular formula is C16H28O8. The molecule has 0 bridgehead atoms. The van der Waals surface area contributed by atoms with Gasteiger partial charge in [0.1, 0.15) is 0 Å². The number of rotatable bonds is 12. The molecule has 0 radical (unpaired) electrons. The molecule has 0 rings (SSSR count). The van der Waals surface area contributed by atoms with E-state index in [0.717, 1.165) is 12.8 Å². The first-order valence-corrected chi connectivity index (χ1v) is 8.04. The summed E-state index contributed by atoms with van der Waals surface area (Å²) in [6.45, 7) is 3.77. The van der Waals surface area contributed by atoms with Crippen LogP contribution in [0.1, 0.15) is 65.2 Å². The summed E-state index contributed by atoms with van der Waals surface area (Å²) in [6, 6.07) is 0. The number of carboxylic acids is 4. The Morgan fingerprint density at radius 2 is 0.917 bits per heavy atom. The smallest absolute Gasteiger partial charge is 0.306 e. The topological polar surface area (TPSA) is 149 Å². The van der Waals surface area contributed by atoms with E-state index >= 15 is 0 Å². The highest BCUT2D eigenvalue weighted by atomic mass is 16.4. The van der Waals surface area contributed by atoms with Gasteiger partial charge in [0, 0.05) is 12.8 Å². The van der Waals surface area contributed by atoms with Gasteiger partial charge in [0.15, 0.2) is 0 Å². The van der Waals surface area contributed by atoms with E-state index in [1.54, 1.807) is 0 Å². The Morgan fingerprint density at radius 3 is 1.08 bits per heavy atom. The van der Waals surface area contributed by atoms with Crippen LogP contribution >= 0.6 is 0 Å². The van der Waals surface area contributed by atoms with Crippen LogP contribution < -0.4 is 0 Å². The molecule has 0 aliphatic carbocycles. The second kappa shape index (κ2) is 14.5. The van der Waals surface area contributed by atoms with Gasteiger partial charge in [-0.3, -0.25) is 19.2 Å². The van der Waals surface area contributed by atoms with Crippen LogP contribution in [0.4, 0.5) is 0 Å². The third-order valence-electron chi connectivity index (χ3n) is 3.39. The Kier molecular flexibility index (Phi) is 14.6. The standard InChI is InChI=1S/2C8H14O4/c2*1-2-3-6(8(11)12)4-5-7(9)10/h2*6H,2-5H2,1H3,(H,9,10)(H,11,12). The van der Waals surface area contributed by atoms with Crippen LogP contribution in [-0.2, 0) is 19.2 Å². The highest BCUT2D eigenvalue weighted by Gasteiger charge is 2.17. The Morgan fingerprint density at radius 1 is 0.625 bits per heavy atom. The van der Waals surface area contributed by atoms with Crippen molar-refractivity contribution in [3.8, 4) is 0 Å². The van der Waals surface area contributed by atoms with Crippen molar-refractivity contribution >= 4 is 23.9 Å². The minimum atomic E-state index is -0.933. The number of hydrogen-bond donors (Lipinski definition) is 4. The van der Waals surface area contributed by atoms with Crippen LogP contribution in [-0.4, -0.2) is 44.3 Å². The average Bonchev–Trinajstić information content (AvgIpc) is 2.47. The van der Waals surface area contributed by atoms with Crippen molar-refractivity contribution in [3.05, 3.63) is 0 Å². The largest absolute Gasteiger partial charge is 0.481 e. The second-order valence-corrected chi connectivity index (χ2v) is 5.51. The summed E-state index contributed by atoms with van der Waals surface area (Å²) >= 11 is 0. The van der Waals surface area contributed by atoms with Gasteiger partial charge in [-0.25, -0.2) is 0 Å². The minimum absolute atomic E-state index is 0.0586. The molecule has 0 aromatic rings. The monoisotopic (exact) mass is 348 g/mol. The van der Waals surface area contributed by atoms with E-state index in [-0.39, 0.29) is 25.7 Å². The third kappa shape index (κ3) is 14.8. The molecule has 8 nitrogen and oxygen atoms in total. The Labute approximate surface area is 141 Å². The molecule has 0 fully saturated rings. The molecule has 24 heavy (non-hydrogen) atoms. The molecule has 0 spiro atoms. The second-order valence-electron chi connectivity index (χ2n) is 5.51. The van der Waals surface area contributed by atoms with E-state index in [1.165, 1.54) is 0 Å². The molecule has 0 saturated carbocycles. The maximum Gasteiger partial charge on any atom is 0.306 e. The maximum atomic E-state index is 10.5. The Bertz CT molecular complexity index is 367. The van der Waals surface area contributed by atoms with Gasteiger partial charge in [-0.15, -0.1) is 0 Å². The first-order chi connectivity index (χ1) is 11.1. The zero-order valence-electron chi connectivity index (χ0n) is 14.2. The average molecular weight is 348 g/mol. The zero-order valence-corrected chi connectivity index (χ0v) is 14.2. The van der Waals surface area contributed by atoms with E-state index in [4.69, 9.17) is 20.4 Å². The number of aliphatic carboxylic acids is 4. The summed E-state index contributed by atoms with van der Waals surface area (Å²) in [5, 5.41) is 33.9. The lowest BCUT2D eigenvalue weighted by atomic mass is 9.98. The predicted molar refractivity (Wildman–Crippen MR) is 85.8 cm³/mol. The normalized spacial score (nSPS) is 12.4. The molecule has 0 aromatic heterocycles. The molecule has 0 heterocycles. The summed E-state index contributed by atoms with van der Waals surface area (Å²) in [7, 11) is 0. The van der Waals surface area contributed by atoms with Crippen molar-refractivity contribution in [2.75, 3.05) is 0 Å². The van der Waals surface area contributed by atoms with E-state index in [9.17, 15) is 19.2 Å². The lowest BCUT2D eigenvalue weighted by molar-refractivity contribution is -0.144. The molecule has 2 unspecified atom stereocenters. The van der Waals surface area contributed by atoms with Gasteiger partial charge in [-0.2, -0.15) is 0 Å². The van der Waals surface area contributed by atoms with Gasteiger partial charge in [0.2, 0.25) is 0 Å². The van der Waals surface area contributed by atoms with Gasteiger partial charge in [0.05, 0.1) is 11.8 Å². The fourth-order valence-corrected chi connectivity index (χ4v) is 2.07. The maximum absolute atomic E-state index is 10.5. The molecule has 2 atom stereocenters. The van der Waals surface area contributed by atoms with Gasteiger partial charge < -0.3 is 20.4 Å². The van der Waals surface area contributed by atoms with Gasteiger partial charge in [-0.05, 0) is 25.7 Å². The molecule has 4 N–H and O–H groups in total. The molecule has 8 heteroatoms. The van der Waals surface area contributed by atoms with Crippen molar-refractivity contribution < 1.29 is 39.6 Å². The summed E-state index contributed by atoms with van der Waals surface area (Å²) in [4.78, 5) is 41.3. The van der Waals surface area contributed by atoms with Gasteiger partial charge >= 0.3 is 23.9 Å². The fraction of sp³-hybridized carbons (Fsp3) is 0.750. The summed E-state index contributed by atoms with van der Waals surface area (Å²) in [5.41, 5.74) is 0. The molecule has 0 amide bonds. The first-order valence-electron chi connectivity index (χ1n) is 8.04. The highest BCUT2D eigenvalue weighted by Crippen LogP contribution is 2.14. The van der Waals surface area contributed by atoms with Gasteiger partial charge in [-0.1, -0.05) is 26.7 Å². The van der Waals surface area contributed by atoms with E-state index < -0.39 is 35.7 Å².